The van der Waals surface area contributed by atoms with Crippen molar-refractivity contribution in [2.24, 2.45) is 0 Å². The third-order valence-electron chi connectivity index (χ3n) is 2.35. The Balaban J connectivity index is 2.56. The summed E-state index contributed by atoms with van der Waals surface area (Å²) < 4.78 is 10.7. The van der Waals surface area contributed by atoms with Gasteiger partial charge < -0.3 is 20.1 Å². The topological polar surface area (TPSA) is 59.6 Å². The van der Waals surface area contributed by atoms with E-state index in [0.29, 0.717) is 24.6 Å². The number of ether oxygens (including phenoxy) is 2. The van der Waals surface area contributed by atoms with E-state index in [1.165, 1.54) is 0 Å². The minimum atomic E-state index is -0.308. The average molecular weight is 280 g/mol. The number of methoxy groups -OCH3 is 1. The Morgan fingerprint density at radius 1 is 1.25 bits per heavy atom. The molecule has 0 saturated heterocycles. The van der Waals surface area contributed by atoms with Crippen molar-refractivity contribution >= 4 is 11.6 Å². The summed E-state index contributed by atoms with van der Waals surface area (Å²) in [4.78, 5) is 11.8. The molecule has 0 bridgehead atoms. The van der Waals surface area contributed by atoms with Gasteiger partial charge >= 0.3 is 0 Å². The number of para-hydroxylation sites is 2. The molecule has 0 fully saturated rings. The highest BCUT2D eigenvalue weighted by molar-refractivity contribution is 5.93. The molecule has 5 nitrogen and oxygen atoms in total. The SMILES string of the molecule is COCCNCC(=O)Nc1ccccc1OC(C)(C)C. The van der Waals surface area contributed by atoms with Crippen molar-refractivity contribution in [3.05, 3.63) is 24.3 Å². The zero-order valence-corrected chi connectivity index (χ0v) is 12.7. The zero-order chi connectivity index (χ0) is 15.0. The van der Waals surface area contributed by atoms with Crippen LogP contribution in [0.25, 0.3) is 0 Å². The third-order valence-corrected chi connectivity index (χ3v) is 2.35. The summed E-state index contributed by atoms with van der Waals surface area (Å²) in [5.74, 6) is 0.566. The van der Waals surface area contributed by atoms with Crippen LogP contribution < -0.4 is 15.4 Å². The molecule has 0 unspecified atom stereocenters. The summed E-state index contributed by atoms with van der Waals surface area (Å²) in [5, 5.41) is 5.84. The molecule has 0 aliphatic heterocycles. The van der Waals surface area contributed by atoms with E-state index < -0.39 is 0 Å². The van der Waals surface area contributed by atoms with E-state index in [2.05, 4.69) is 10.6 Å². The molecule has 0 heterocycles. The number of carbonyl (C=O) groups is 1. The lowest BCUT2D eigenvalue weighted by Gasteiger charge is -2.23. The van der Waals surface area contributed by atoms with Crippen molar-refractivity contribution in [1.82, 2.24) is 5.32 Å². The molecule has 20 heavy (non-hydrogen) atoms. The van der Waals surface area contributed by atoms with Gasteiger partial charge in [-0.25, -0.2) is 0 Å². The number of carbonyl (C=O) groups excluding carboxylic acids is 1. The van der Waals surface area contributed by atoms with Gasteiger partial charge in [-0.1, -0.05) is 12.1 Å². The first-order valence-electron chi connectivity index (χ1n) is 6.70. The number of rotatable bonds is 7. The Hall–Kier alpha value is -1.59. The summed E-state index contributed by atoms with van der Waals surface area (Å²) in [6.45, 7) is 7.38. The fourth-order valence-electron chi connectivity index (χ4n) is 1.56. The fourth-order valence-corrected chi connectivity index (χ4v) is 1.56. The van der Waals surface area contributed by atoms with Gasteiger partial charge in [-0.3, -0.25) is 4.79 Å². The van der Waals surface area contributed by atoms with Crippen molar-refractivity contribution in [2.45, 2.75) is 26.4 Å². The second-order valence-corrected chi connectivity index (χ2v) is 5.43. The molecular weight excluding hydrogens is 256 g/mol. The van der Waals surface area contributed by atoms with Gasteiger partial charge in [-0.05, 0) is 32.9 Å². The molecular formula is C15H24N2O3. The fraction of sp³-hybridized carbons (Fsp3) is 0.533. The number of amides is 1. The van der Waals surface area contributed by atoms with Crippen molar-refractivity contribution in [3.8, 4) is 5.75 Å². The predicted octanol–water partition coefficient (Wildman–Crippen LogP) is 2.04. The maximum Gasteiger partial charge on any atom is 0.238 e. The first-order valence-corrected chi connectivity index (χ1v) is 6.70. The Bertz CT molecular complexity index is 427. The van der Waals surface area contributed by atoms with Crippen LogP contribution in [0, 0.1) is 0 Å². The standard InChI is InChI=1S/C15H24N2O3/c1-15(2,3)20-13-8-6-5-7-12(13)17-14(18)11-16-9-10-19-4/h5-8,16H,9-11H2,1-4H3,(H,17,18). The zero-order valence-electron chi connectivity index (χ0n) is 12.7. The average Bonchev–Trinajstić information content (AvgIpc) is 2.35. The summed E-state index contributed by atoms with van der Waals surface area (Å²) in [6, 6.07) is 7.42. The van der Waals surface area contributed by atoms with Gasteiger partial charge in [0.15, 0.2) is 0 Å². The van der Waals surface area contributed by atoms with E-state index in [-0.39, 0.29) is 18.1 Å². The quantitative estimate of drug-likeness (QED) is 0.750. The monoisotopic (exact) mass is 280 g/mol. The number of benzene rings is 1. The molecule has 0 radical (unpaired) electrons. The summed E-state index contributed by atoms with van der Waals surface area (Å²) in [5.41, 5.74) is 0.373. The third kappa shape index (κ3) is 6.54. The molecule has 1 amide bonds. The van der Waals surface area contributed by atoms with Crippen LogP contribution in [-0.2, 0) is 9.53 Å². The minimum Gasteiger partial charge on any atom is -0.486 e. The van der Waals surface area contributed by atoms with Crippen LogP contribution in [0.5, 0.6) is 5.75 Å². The Kier molecular flexibility index (Phi) is 6.48. The van der Waals surface area contributed by atoms with E-state index >= 15 is 0 Å². The Morgan fingerprint density at radius 2 is 1.95 bits per heavy atom. The van der Waals surface area contributed by atoms with E-state index in [9.17, 15) is 4.79 Å². The first kappa shape index (κ1) is 16.5. The van der Waals surface area contributed by atoms with Crippen LogP contribution in [0.4, 0.5) is 5.69 Å². The lowest BCUT2D eigenvalue weighted by molar-refractivity contribution is -0.115. The van der Waals surface area contributed by atoms with Crippen LogP contribution in [0.2, 0.25) is 0 Å². The van der Waals surface area contributed by atoms with Gasteiger partial charge in [-0.15, -0.1) is 0 Å². The van der Waals surface area contributed by atoms with Gasteiger partial charge in [0.1, 0.15) is 11.4 Å². The largest absolute Gasteiger partial charge is 0.486 e. The Labute approximate surface area is 120 Å². The summed E-state index contributed by atoms with van der Waals surface area (Å²) in [6.07, 6.45) is 0. The highest BCUT2D eigenvalue weighted by Gasteiger charge is 2.15. The number of anilines is 1. The molecule has 0 saturated carbocycles. The lowest BCUT2D eigenvalue weighted by Crippen LogP contribution is -2.31. The second kappa shape index (κ2) is 7.87. The van der Waals surface area contributed by atoms with Crippen molar-refractivity contribution in [2.75, 3.05) is 32.1 Å². The van der Waals surface area contributed by atoms with Gasteiger partial charge in [0.2, 0.25) is 5.91 Å². The molecule has 0 atom stereocenters. The van der Waals surface area contributed by atoms with Gasteiger partial charge in [0.05, 0.1) is 18.8 Å². The van der Waals surface area contributed by atoms with Gasteiger partial charge in [0.25, 0.3) is 0 Å². The van der Waals surface area contributed by atoms with Crippen molar-refractivity contribution in [3.63, 3.8) is 0 Å². The van der Waals surface area contributed by atoms with Crippen LogP contribution in [-0.4, -0.2) is 38.3 Å². The molecule has 0 aliphatic carbocycles. The highest BCUT2D eigenvalue weighted by Crippen LogP contribution is 2.27. The molecule has 2 N–H and O–H groups in total. The second-order valence-electron chi connectivity index (χ2n) is 5.43. The maximum absolute atomic E-state index is 11.8. The summed E-state index contributed by atoms with van der Waals surface area (Å²) >= 11 is 0. The van der Waals surface area contributed by atoms with Crippen LogP contribution in [0.1, 0.15) is 20.8 Å². The van der Waals surface area contributed by atoms with Crippen LogP contribution >= 0.6 is 0 Å². The van der Waals surface area contributed by atoms with E-state index in [1.807, 2.05) is 45.0 Å². The van der Waals surface area contributed by atoms with Crippen molar-refractivity contribution < 1.29 is 14.3 Å². The molecule has 112 valence electrons. The molecule has 1 aromatic carbocycles. The Morgan fingerprint density at radius 3 is 2.60 bits per heavy atom. The van der Waals surface area contributed by atoms with E-state index in [0.717, 1.165) is 0 Å². The smallest absolute Gasteiger partial charge is 0.238 e. The highest BCUT2D eigenvalue weighted by atomic mass is 16.5. The van der Waals surface area contributed by atoms with Crippen LogP contribution in [0.15, 0.2) is 24.3 Å². The number of hydrogen-bond acceptors (Lipinski definition) is 4. The summed E-state index contributed by atoms with van der Waals surface area (Å²) in [7, 11) is 1.63. The predicted molar refractivity (Wildman–Crippen MR) is 80.2 cm³/mol. The normalized spacial score (nSPS) is 11.2. The molecule has 1 rings (SSSR count). The molecule has 1 aromatic rings. The van der Waals surface area contributed by atoms with Crippen molar-refractivity contribution in [1.29, 1.82) is 0 Å². The molecule has 0 aromatic heterocycles. The van der Waals surface area contributed by atoms with E-state index in [1.54, 1.807) is 7.11 Å². The first-order chi connectivity index (χ1) is 9.42. The molecule has 0 spiro atoms. The molecule has 0 aliphatic rings. The van der Waals surface area contributed by atoms with Crippen LogP contribution in [0.3, 0.4) is 0 Å². The lowest BCUT2D eigenvalue weighted by atomic mass is 10.2. The number of nitrogens with one attached hydrogen (secondary N) is 2. The molecule has 5 heteroatoms. The van der Waals surface area contributed by atoms with Gasteiger partial charge in [0, 0.05) is 13.7 Å². The minimum absolute atomic E-state index is 0.105. The van der Waals surface area contributed by atoms with Gasteiger partial charge in [-0.2, -0.15) is 0 Å². The van der Waals surface area contributed by atoms with E-state index in [4.69, 9.17) is 9.47 Å². The maximum atomic E-state index is 11.8. The number of hydrogen-bond donors (Lipinski definition) is 2.